The SMILES string of the molecule is C=C(C)C(=O)OC1(C(C)C)C2CC3CC(C2)CC1C3.C=C(C)C(=O)OC1(C(C)C)CCCC1.C=C(C)C(=O)OC12CC3CC(O)(CC(O)(C3)C1)C2.C=C(C)C(=O)Oc1ccc(O)cc1.C=Cc1ccc(OC(C)OCC)cc1. The predicted octanol–water partition coefficient (Wildman–Crippen LogP) is 13.3. The Morgan fingerprint density at radius 3 is 1.49 bits per heavy atom. The molecule has 8 bridgehead atoms. The van der Waals surface area contributed by atoms with Gasteiger partial charge in [0.15, 0.2) is 6.29 Å². The number of phenols is 1. The van der Waals surface area contributed by atoms with Crippen molar-refractivity contribution >= 4 is 30.0 Å². The Hall–Kier alpha value is -5.50. The standard InChI is InChI=1S/C17H26O2.C14H20O4.C12H20O2.C12H16O2.C10H10O3/c1-10(2)16(18)19-17(11(3)4)14-6-12-5-13(8-14)9-15(17)7-12;1-9(2)11(15)18-14-5-10-3-12(16,7-14)6-13(17,4-10)8-14;1-9(2)11(13)14-12(10(3)4)7-5-6-8-12;1-4-11-6-8-12(9-7-11)14-10(3)13-5-2;1-7(2)10(12)13-9-5-3-8(11)4-6-9/h11-15H,1,5-9H2,2-4H3;10,16-17H,1,3-8H2,2H3;10H,1,5-8H2,2-4H3;4,6-10H,1,5H2,2-3H3;3-6,11H,1H2,2H3. The van der Waals surface area contributed by atoms with Crippen molar-refractivity contribution < 1.29 is 62.9 Å². The molecule has 2 aromatic carbocycles. The number of aromatic hydroxyl groups is 1. The third-order valence-electron chi connectivity index (χ3n) is 16.9. The number of carbonyl (C=O) groups excluding carboxylic acids is 4. The number of esters is 4. The number of phenolic OH excluding ortho intramolecular Hbond substituents is 1. The maximum Gasteiger partial charge on any atom is 0.338 e. The zero-order valence-corrected chi connectivity index (χ0v) is 48.6. The average molecular weight is 1080 g/mol. The van der Waals surface area contributed by atoms with Crippen LogP contribution in [0.15, 0.2) is 104 Å². The van der Waals surface area contributed by atoms with E-state index in [4.69, 9.17) is 33.5 Å². The molecule has 9 aliphatic carbocycles. The number of aliphatic hydroxyl groups is 2. The second kappa shape index (κ2) is 26.6. The van der Waals surface area contributed by atoms with Crippen LogP contribution in [0.2, 0.25) is 0 Å². The molecule has 11 rings (SSSR count). The van der Waals surface area contributed by atoms with E-state index in [9.17, 15) is 29.4 Å². The molecule has 3 atom stereocenters. The number of benzene rings is 2. The molecule has 0 heterocycles. The molecule has 430 valence electrons. The van der Waals surface area contributed by atoms with Crippen LogP contribution in [0, 0.1) is 41.4 Å². The van der Waals surface area contributed by atoms with E-state index in [1.165, 1.54) is 69.2 Å². The molecule has 78 heavy (non-hydrogen) atoms. The molecular formula is C65H92O13. The minimum atomic E-state index is -0.858. The van der Waals surface area contributed by atoms with Crippen LogP contribution >= 0.6 is 0 Å². The maximum atomic E-state index is 12.1. The summed E-state index contributed by atoms with van der Waals surface area (Å²) in [5.74, 6) is 4.09. The Labute approximate surface area is 465 Å². The lowest BCUT2D eigenvalue weighted by atomic mass is 9.47. The fourth-order valence-electron chi connectivity index (χ4n) is 13.9. The van der Waals surface area contributed by atoms with Gasteiger partial charge in [0.1, 0.15) is 34.1 Å². The summed E-state index contributed by atoms with van der Waals surface area (Å²) in [6.07, 6.45) is 16.0. The van der Waals surface area contributed by atoms with Crippen LogP contribution < -0.4 is 9.47 Å². The van der Waals surface area contributed by atoms with E-state index in [0.717, 1.165) is 55.3 Å². The molecule has 9 fully saturated rings. The number of hydrogen-bond donors (Lipinski definition) is 3. The van der Waals surface area contributed by atoms with Gasteiger partial charge in [0, 0.05) is 48.2 Å². The van der Waals surface area contributed by atoms with Gasteiger partial charge in [0.2, 0.25) is 0 Å². The monoisotopic (exact) mass is 1080 g/mol. The van der Waals surface area contributed by atoms with Crippen LogP contribution in [0.3, 0.4) is 0 Å². The van der Waals surface area contributed by atoms with Crippen LogP contribution in [0.1, 0.15) is 171 Å². The van der Waals surface area contributed by atoms with E-state index >= 15 is 0 Å². The minimum absolute atomic E-state index is 0.134. The van der Waals surface area contributed by atoms with E-state index in [1.54, 1.807) is 33.8 Å². The molecule has 2 aromatic rings. The summed E-state index contributed by atoms with van der Waals surface area (Å²) in [5, 5.41) is 30.0. The van der Waals surface area contributed by atoms with Gasteiger partial charge in [-0.05, 0) is 202 Å². The lowest BCUT2D eigenvalue weighted by molar-refractivity contribution is -0.260. The smallest absolute Gasteiger partial charge is 0.338 e. The van der Waals surface area contributed by atoms with Crippen LogP contribution in [0.25, 0.3) is 6.08 Å². The number of rotatable bonds is 15. The zero-order valence-electron chi connectivity index (χ0n) is 48.6. The first-order valence-electron chi connectivity index (χ1n) is 28.3. The Morgan fingerprint density at radius 2 is 1.06 bits per heavy atom. The fourth-order valence-corrected chi connectivity index (χ4v) is 13.9. The van der Waals surface area contributed by atoms with Gasteiger partial charge >= 0.3 is 23.9 Å². The zero-order chi connectivity index (χ0) is 58.0. The molecule has 9 aliphatic rings. The van der Waals surface area contributed by atoms with Crippen molar-refractivity contribution in [1.29, 1.82) is 0 Å². The molecule has 3 unspecified atom stereocenters. The summed E-state index contributed by atoms with van der Waals surface area (Å²) >= 11 is 0. The van der Waals surface area contributed by atoms with Crippen LogP contribution in [-0.2, 0) is 38.1 Å². The summed E-state index contributed by atoms with van der Waals surface area (Å²) in [6.45, 7) is 37.9. The lowest BCUT2D eigenvalue weighted by Gasteiger charge is -2.62. The molecule has 13 nitrogen and oxygen atoms in total. The normalized spacial score (nSPS) is 29.2. The summed E-state index contributed by atoms with van der Waals surface area (Å²) in [6, 6.07) is 13.6. The van der Waals surface area contributed by atoms with E-state index in [2.05, 4.69) is 60.6 Å². The molecule has 13 heteroatoms. The average Bonchev–Trinajstić information content (AvgIpc) is 3.98. The maximum absolute atomic E-state index is 12.1. The predicted molar refractivity (Wildman–Crippen MR) is 304 cm³/mol. The molecular weight excluding hydrogens is 989 g/mol. The van der Waals surface area contributed by atoms with Crippen LogP contribution in [0.5, 0.6) is 17.2 Å². The molecule has 3 N–H and O–H groups in total. The quantitative estimate of drug-likeness (QED) is 0.0504. The summed E-state index contributed by atoms with van der Waals surface area (Å²) in [7, 11) is 0. The number of carbonyl (C=O) groups is 4. The van der Waals surface area contributed by atoms with Gasteiger partial charge in [-0.2, -0.15) is 0 Å². The number of hydrogen-bond acceptors (Lipinski definition) is 13. The van der Waals surface area contributed by atoms with Crippen molar-refractivity contribution in [2.24, 2.45) is 41.4 Å². The summed E-state index contributed by atoms with van der Waals surface area (Å²) < 4.78 is 32.9. The third kappa shape index (κ3) is 16.3. The number of ether oxygens (including phenoxy) is 6. The van der Waals surface area contributed by atoms with Crippen molar-refractivity contribution in [1.82, 2.24) is 0 Å². The van der Waals surface area contributed by atoms with Crippen molar-refractivity contribution in [2.45, 2.75) is 200 Å². The van der Waals surface area contributed by atoms with E-state index in [1.807, 2.05) is 38.1 Å². The molecule has 0 saturated heterocycles. The van der Waals surface area contributed by atoms with Gasteiger partial charge < -0.3 is 43.7 Å². The second-order valence-corrected chi connectivity index (χ2v) is 24.5. The second-order valence-electron chi connectivity index (χ2n) is 24.5. The van der Waals surface area contributed by atoms with E-state index in [0.29, 0.717) is 77.6 Å². The van der Waals surface area contributed by atoms with Crippen molar-refractivity contribution in [2.75, 3.05) is 6.61 Å². The summed E-state index contributed by atoms with van der Waals surface area (Å²) in [5.41, 5.74) is 0.0100. The van der Waals surface area contributed by atoms with Gasteiger partial charge in [-0.3, -0.25) is 0 Å². The molecule has 9 saturated carbocycles. The summed E-state index contributed by atoms with van der Waals surface area (Å²) in [4.78, 5) is 46.4. The van der Waals surface area contributed by atoms with Gasteiger partial charge in [-0.25, -0.2) is 19.2 Å². The fraction of sp³-hybridized carbons (Fsp3) is 0.600. The van der Waals surface area contributed by atoms with Crippen LogP contribution in [-0.4, -0.2) is 80.1 Å². The first-order valence-corrected chi connectivity index (χ1v) is 28.3. The Kier molecular flexibility index (Phi) is 21.6. The van der Waals surface area contributed by atoms with Gasteiger partial charge in [0.05, 0.1) is 11.2 Å². The highest BCUT2D eigenvalue weighted by molar-refractivity contribution is 5.89. The van der Waals surface area contributed by atoms with Crippen molar-refractivity contribution in [3.63, 3.8) is 0 Å². The molecule has 0 radical (unpaired) electrons. The van der Waals surface area contributed by atoms with Gasteiger partial charge in [-0.1, -0.05) is 78.8 Å². The van der Waals surface area contributed by atoms with Crippen LogP contribution in [0.4, 0.5) is 0 Å². The van der Waals surface area contributed by atoms with Gasteiger partial charge in [0.25, 0.3) is 0 Å². The largest absolute Gasteiger partial charge is 0.508 e. The Bertz CT molecular complexity index is 2410. The minimum Gasteiger partial charge on any atom is -0.508 e. The van der Waals surface area contributed by atoms with E-state index in [-0.39, 0.29) is 41.1 Å². The highest BCUT2D eigenvalue weighted by Crippen LogP contribution is 2.62. The molecule has 0 amide bonds. The topological polar surface area (TPSA) is 184 Å². The Morgan fingerprint density at radius 1 is 0.603 bits per heavy atom. The first-order chi connectivity index (χ1) is 36.5. The molecule has 0 aromatic heterocycles. The van der Waals surface area contributed by atoms with E-state index < -0.39 is 28.7 Å². The Balaban J connectivity index is 0.000000181. The first kappa shape index (κ1) is 63.3. The van der Waals surface area contributed by atoms with Gasteiger partial charge in [-0.15, -0.1) is 0 Å². The van der Waals surface area contributed by atoms with Crippen molar-refractivity contribution in [3.8, 4) is 17.2 Å². The highest BCUT2D eigenvalue weighted by atomic mass is 16.7. The highest BCUT2D eigenvalue weighted by Gasteiger charge is 2.65. The van der Waals surface area contributed by atoms with Crippen molar-refractivity contribution in [3.05, 3.63) is 109 Å². The molecule has 0 spiro atoms. The molecule has 0 aliphatic heterocycles. The lowest BCUT2D eigenvalue weighted by Crippen LogP contribution is -2.66. The third-order valence-corrected chi connectivity index (χ3v) is 16.9.